The van der Waals surface area contributed by atoms with E-state index in [-0.39, 0.29) is 5.78 Å². The molecular weight excluding hydrogens is 168 g/mol. The van der Waals surface area contributed by atoms with Gasteiger partial charge >= 0.3 is 0 Å². The summed E-state index contributed by atoms with van der Waals surface area (Å²) in [4.78, 5) is 20.9. The van der Waals surface area contributed by atoms with Gasteiger partial charge in [-0.2, -0.15) is 4.89 Å². The second-order valence-corrected chi connectivity index (χ2v) is 3.18. The number of hydrogen-bond acceptors (Lipinski definition) is 3. The Morgan fingerprint density at radius 1 is 1.46 bits per heavy atom. The number of hydrogen-bond donors (Lipinski definition) is 0. The normalized spacial score (nSPS) is 13.7. The van der Waals surface area contributed by atoms with Gasteiger partial charge in [0, 0.05) is 11.1 Å². The number of ketones is 1. The number of fused-ring (bicyclic) bond motifs is 1. The highest BCUT2D eigenvalue weighted by Gasteiger charge is 2.17. The second-order valence-electron chi connectivity index (χ2n) is 3.18. The van der Waals surface area contributed by atoms with Crippen molar-refractivity contribution in [3.63, 3.8) is 0 Å². The number of rotatable bonds is 1. The molecule has 3 nitrogen and oxygen atoms in total. The van der Waals surface area contributed by atoms with Gasteiger partial charge in [-0.3, -0.25) is 4.79 Å². The Bertz CT molecular complexity index is 369. The average Bonchev–Trinajstić information content (AvgIpc) is 2.48. The summed E-state index contributed by atoms with van der Waals surface area (Å²) >= 11 is 0. The van der Waals surface area contributed by atoms with E-state index in [9.17, 15) is 4.79 Å². The van der Waals surface area contributed by atoms with E-state index in [0.29, 0.717) is 6.61 Å². The van der Waals surface area contributed by atoms with Gasteiger partial charge in [-0.1, -0.05) is 0 Å². The molecule has 1 aromatic carbocycles. The molecule has 0 saturated heterocycles. The lowest BCUT2D eigenvalue weighted by Gasteiger charge is -2.02. The molecule has 0 spiro atoms. The Balaban J connectivity index is 2.55. The Labute approximate surface area is 76.2 Å². The van der Waals surface area contributed by atoms with Crippen molar-refractivity contribution in [2.24, 2.45) is 0 Å². The molecule has 13 heavy (non-hydrogen) atoms. The standard InChI is InChI=1S/C10H10O3/c1-6-3-10-8(5-12-13-10)4-9(6)7(2)11/h3-4H,5H2,1-2H3. The maximum Gasteiger partial charge on any atom is 0.171 e. The van der Waals surface area contributed by atoms with E-state index in [0.717, 1.165) is 22.4 Å². The predicted molar refractivity (Wildman–Crippen MR) is 46.6 cm³/mol. The highest BCUT2D eigenvalue weighted by Crippen LogP contribution is 2.29. The van der Waals surface area contributed by atoms with Crippen LogP contribution in [0.1, 0.15) is 28.4 Å². The maximum atomic E-state index is 11.2. The van der Waals surface area contributed by atoms with E-state index in [4.69, 9.17) is 9.78 Å². The van der Waals surface area contributed by atoms with Crippen LogP contribution in [-0.2, 0) is 11.5 Å². The van der Waals surface area contributed by atoms with Crippen molar-refractivity contribution < 1.29 is 14.6 Å². The van der Waals surface area contributed by atoms with Gasteiger partial charge in [0.2, 0.25) is 0 Å². The van der Waals surface area contributed by atoms with Crippen molar-refractivity contribution in [1.82, 2.24) is 0 Å². The smallest absolute Gasteiger partial charge is 0.171 e. The number of aryl methyl sites for hydroxylation is 1. The van der Waals surface area contributed by atoms with Crippen LogP contribution in [0.15, 0.2) is 12.1 Å². The third-order valence-corrected chi connectivity index (χ3v) is 2.15. The summed E-state index contributed by atoms with van der Waals surface area (Å²) in [5.41, 5.74) is 2.61. The third kappa shape index (κ3) is 1.31. The minimum absolute atomic E-state index is 0.0761. The number of carbonyl (C=O) groups excluding carboxylic acids is 1. The summed E-state index contributed by atoms with van der Waals surface area (Å²) in [5.74, 6) is 0.801. The van der Waals surface area contributed by atoms with Crippen LogP contribution in [0.5, 0.6) is 5.75 Å². The summed E-state index contributed by atoms with van der Waals surface area (Å²) < 4.78 is 0. The van der Waals surface area contributed by atoms with E-state index < -0.39 is 0 Å². The van der Waals surface area contributed by atoms with E-state index in [1.165, 1.54) is 0 Å². The van der Waals surface area contributed by atoms with Crippen LogP contribution in [0.2, 0.25) is 0 Å². The second kappa shape index (κ2) is 2.85. The van der Waals surface area contributed by atoms with Gasteiger partial charge in [-0.15, -0.1) is 0 Å². The van der Waals surface area contributed by atoms with Crippen molar-refractivity contribution in [1.29, 1.82) is 0 Å². The van der Waals surface area contributed by atoms with Gasteiger partial charge in [-0.05, 0) is 31.5 Å². The largest absolute Gasteiger partial charge is 0.337 e. The summed E-state index contributed by atoms with van der Waals surface area (Å²) in [5, 5.41) is 0. The van der Waals surface area contributed by atoms with Crippen LogP contribution in [-0.4, -0.2) is 5.78 Å². The average molecular weight is 178 g/mol. The SMILES string of the molecule is CC(=O)c1cc2c(cc1C)OOC2. The van der Waals surface area contributed by atoms with Crippen LogP contribution >= 0.6 is 0 Å². The first-order valence-corrected chi connectivity index (χ1v) is 4.12. The van der Waals surface area contributed by atoms with Gasteiger partial charge in [0.25, 0.3) is 0 Å². The monoisotopic (exact) mass is 178 g/mol. The zero-order valence-corrected chi connectivity index (χ0v) is 7.59. The van der Waals surface area contributed by atoms with Crippen molar-refractivity contribution in [2.75, 3.05) is 0 Å². The van der Waals surface area contributed by atoms with E-state index in [2.05, 4.69) is 0 Å². The fourth-order valence-corrected chi connectivity index (χ4v) is 1.45. The molecule has 0 saturated carbocycles. The first kappa shape index (κ1) is 8.26. The van der Waals surface area contributed by atoms with E-state index in [1.54, 1.807) is 6.92 Å². The van der Waals surface area contributed by atoms with Gasteiger partial charge < -0.3 is 4.89 Å². The third-order valence-electron chi connectivity index (χ3n) is 2.15. The summed E-state index contributed by atoms with van der Waals surface area (Å²) in [6.07, 6.45) is 0. The van der Waals surface area contributed by atoms with Gasteiger partial charge in [0.1, 0.15) is 6.61 Å². The predicted octanol–water partition coefficient (Wildman–Crippen LogP) is 2.02. The molecule has 0 bridgehead atoms. The quantitative estimate of drug-likeness (QED) is 0.487. The van der Waals surface area contributed by atoms with Crippen molar-refractivity contribution in [3.05, 3.63) is 28.8 Å². The molecule has 1 aliphatic rings. The molecule has 0 aliphatic carbocycles. The topological polar surface area (TPSA) is 35.5 Å². The Kier molecular flexibility index (Phi) is 1.81. The Hall–Kier alpha value is -1.35. The molecule has 0 N–H and O–H groups in total. The molecule has 0 radical (unpaired) electrons. The fraction of sp³-hybridized carbons (Fsp3) is 0.300. The van der Waals surface area contributed by atoms with Crippen LogP contribution in [0.3, 0.4) is 0 Å². The molecule has 1 heterocycles. The fourth-order valence-electron chi connectivity index (χ4n) is 1.45. The molecule has 1 aliphatic heterocycles. The first-order valence-electron chi connectivity index (χ1n) is 4.12. The molecule has 0 fully saturated rings. The molecule has 0 aromatic heterocycles. The zero-order valence-electron chi connectivity index (χ0n) is 7.59. The summed E-state index contributed by atoms with van der Waals surface area (Å²) in [7, 11) is 0. The zero-order chi connectivity index (χ0) is 9.42. The lowest BCUT2D eigenvalue weighted by Crippen LogP contribution is -1.96. The molecule has 0 atom stereocenters. The number of carbonyl (C=O) groups is 1. The van der Waals surface area contributed by atoms with Crippen LogP contribution in [0, 0.1) is 6.92 Å². The van der Waals surface area contributed by atoms with Crippen molar-refractivity contribution in [2.45, 2.75) is 20.5 Å². The number of Topliss-reactive ketones (excluding diaryl/α,β-unsaturated/α-hetero) is 1. The summed E-state index contributed by atoms with van der Waals surface area (Å²) in [6, 6.07) is 3.67. The maximum absolute atomic E-state index is 11.2. The number of benzene rings is 1. The van der Waals surface area contributed by atoms with Gasteiger partial charge in [-0.25, -0.2) is 0 Å². The van der Waals surface area contributed by atoms with Gasteiger partial charge in [0.15, 0.2) is 11.5 Å². The first-order chi connectivity index (χ1) is 6.18. The molecular formula is C10H10O3. The molecule has 0 amide bonds. The van der Waals surface area contributed by atoms with Crippen LogP contribution in [0.25, 0.3) is 0 Å². The Morgan fingerprint density at radius 3 is 2.92 bits per heavy atom. The Morgan fingerprint density at radius 2 is 2.23 bits per heavy atom. The minimum Gasteiger partial charge on any atom is -0.337 e. The molecule has 0 unspecified atom stereocenters. The van der Waals surface area contributed by atoms with Gasteiger partial charge in [0.05, 0.1) is 0 Å². The van der Waals surface area contributed by atoms with Crippen LogP contribution in [0.4, 0.5) is 0 Å². The van der Waals surface area contributed by atoms with Crippen LogP contribution < -0.4 is 4.89 Å². The molecule has 68 valence electrons. The van der Waals surface area contributed by atoms with E-state index in [1.807, 2.05) is 19.1 Å². The van der Waals surface area contributed by atoms with E-state index >= 15 is 0 Å². The summed E-state index contributed by atoms with van der Waals surface area (Å²) in [6.45, 7) is 3.87. The molecule has 1 aromatic rings. The van der Waals surface area contributed by atoms with Crippen molar-refractivity contribution >= 4 is 5.78 Å². The lowest BCUT2D eigenvalue weighted by atomic mass is 10.0. The van der Waals surface area contributed by atoms with Crippen molar-refractivity contribution in [3.8, 4) is 5.75 Å². The minimum atomic E-state index is 0.0761. The molecule has 2 rings (SSSR count). The highest BCUT2D eigenvalue weighted by molar-refractivity contribution is 5.96. The highest BCUT2D eigenvalue weighted by atomic mass is 17.2. The molecule has 3 heteroatoms. The lowest BCUT2D eigenvalue weighted by molar-refractivity contribution is -0.194.